The van der Waals surface area contributed by atoms with Crippen molar-refractivity contribution in [3.05, 3.63) is 35.4 Å². The van der Waals surface area contributed by atoms with Crippen molar-refractivity contribution in [1.29, 1.82) is 0 Å². The fourth-order valence-corrected chi connectivity index (χ4v) is 4.15. The normalized spacial score (nSPS) is 33.1. The molecule has 1 heteroatoms. The number of fused-ring (bicyclic) bond motifs is 1. The molecule has 0 amide bonds. The molecule has 0 bridgehead atoms. The van der Waals surface area contributed by atoms with Gasteiger partial charge in [0.15, 0.2) is 0 Å². The van der Waals surface area contributed by atoms with Gasteiger partial charge in [0.05, 0.1) is 0 Å². The van der Waals surface area contributed by atoms with Crippen LogP contribution in [0.25, 0.3) is 0 Å². The van der Waals surface area contributed by atoms with Gasteiger partial charge in [-0.3, -0.25) is 0 Å². The number of piperidine rings is 1. The summed E-state index contributed by atoms with van der Waals surface area (Å²) in [5.41, 5.74) is 3.64. The fourth-order valence-electron chi connectivity index (χ4n) is 4.15. The van der Waals surface area contributed by atoms with Crippen molar-refractivity contribution in [3.63, 3.8) is 0 Å². The molecule has 92 valence electrons. The lowest BCUT2D eigenvalue weighted by molar-refractivity contribution is 0.137. The average molecular weight is 229 g/mol. The van der Waals surface area contributed by atoms with Crippen LogP contribution < -0.4 is 5.32 Å². The van der Waals surface area contributed by atoms with Crippen LogP contribution in [0.1, 0.15) is 43.2 Å². The van der Waals surface area contributed by atoms with E-state index in [1.807, 2.05) is 0 Å². The monoisotopic (exact) mass is 229 g/mol. The van der Waals surface area contributed by atoms with Gasteiger partial charge >= 0.3 is 0 Å². The summed E-state index contributed by atoms with van der Waals surface area (Å²) in [4.78, 5) is 0. The largest absolute Gasteiger partial charge is 0.316 e. The van der Waals surface area contributed by atoms with Gasteiger partial charge in [-0.05, 0) is 56.3 Å². The van der Waals surface area contributed by atoms with Gasteiger partial charge in [0.2, 0.25) is 0 Å². The van der Waals surface area contributed by atoms with Crippen LogP contribution in [0.5, 0.6) is 0 Å². The second kappa shape index (κ2) is 4.45. The zero-order valence-corrected chi connectivity index (χ0v) is 10.8. The molecule has 0 unspecified atom stereocenters. The SMILES string of the molecule is Cc1ccccc1[C@@]12CCCC[C@H]1CNCC2. The van der Waals surface area contributed by atoms with Crippen molar-refractivity contribution in [3.8, 4) is 0 Å². The molecule has 2 fully saturated rings. The van der Waals surface area contributed by atoms with Crippen molar-refractivity contribution < 1.29 is 0 Å². The third-order valence-corrected chi connectivity index (χ3v) is 5.03. The van der Waals surface area contributed by atoms with Crippen LogP contribution in [0.15, 0.2) is 24.3 Å². The van der Waals surface area contributed by atoms with Gasteiger partial charge in [-0.1, -0.05) is 37.1 Å². The zero-order valence-electron chi connectivity index (χ0n) is 10.8. The minimum atomic E-state index is 0.495. The molecule has 1 N–H and O–H groups in total. The molecule has 1 saturated carbocycles. The zero-order chi connectivity index (χ0) is 11.7. The molecule has 0 radical (unpaired) electrons. The molecular weight excluding hydrogens is 206 g/mol. The van der Waals surface area contributed by atoms with Crippen LogP contribution in [0, 0.1) is 12.8 Å². The van der Waals surface area contributed by atoms with Crippen LogP contribution in [0.2, 0.25) is 0 Å². The molecule has 1 aromatic rings. The van der Waals surface area contributed by atoms with Gasteiger partial charge in [0.25, 0.3) is 0 Å². The molecule has 2 atom stereocenters. The molecule has 1 heterocycles. The Balaban J connectivity index is 2.04. The highest BCUT2D eigenvalue weighted by Crippen LogP contribution is 2.48. The van der Waals surface area contributed by atoms with E-state index in [2.05, 4.69) is 36.5 Å². The quantitative estimate of drug-likeness (QED) is 0.778. The lowest BCUT2D eigenvalue weighted by atomic mass is 9.59. The number of hydrogen-bond donors (Lipinski definition) is 1. The second-order valence-electron chi connectivity index (χ2n) is 5.87. The average Bonchev–Trinajstić information content (AvgIpc) is 2.39. The van der Waals surface area contributed by atoms with Gasteiger partial charge < -0.3 is 5.32 Å². The Morgan fingerprint density at radius 2 is 2.06 bits per heavy atom. The molecule has 2 aliphatic rings. The number of benzene rings is 1. The summed E-state index contributed by atoms with van der Waals surface area (Å²) in [5.74, 6) is 0.867. The van der Waals surface area contributed by atoms with Gasteiger partial charge in [-0.2, -0.15) is 0 Å². The van der Waals surface area contributed by atoms with Crippen molar-refractivity contribution in [2.75, 3.05) is 13.1 Å². The van der Waals surface area contributed by atoms with Crippen LogP contribution >= 0.6 is 0 Å². The smallest absolute Gasteiger partial charge is 0.000799 e. The maximum atomic E-state index is 3.60. The van der Waals surface area contributed by atoms with Crippen molar-refractivity contribution in [1.82, 2.24) is 5.32 Å². The Morgan fingerprint density at radius 1 is 1.18 bits per heavy atom. The van der Waals surface area contributed by atoms with E-state index < -0.39 is 0 Å². The van der Waals surface area contributed by atoms with Gasteiger partial charge in [0, 0.05) is 5.41 Å². The molecule has 1 aliphatic heterocycles. The second-order valence-corrected chi connectivity index (χ2v) is 5.87. The summed E-state index contributed by atoms with van der Waals surface area (Å²) in [6.45, 7) is 4.72. The Kier molecular flexibility index (Phi) is 2.96. The Bertz CT molecular complexity index is 384. The van der Waals surface area contributed by atoms with Crippen LogP contribution in [-0.2, 0) is 5.41 Å². The molecule has 1 aliphatic carbocycles. The molecule has 17 heavy (non-hydrogen) atoms. The van der Waals surface area contributed by atoms with E-state index in [0.29, 0.717) is 5.41 Å². The van der Waals surface area contributed by atoms with Crippen LogP contribution in [0.4, 0.5) is 0 Å². The Labute approximate surface area is 105 Å². The highest BCUT2D eigenvalue weighted by Gasteiger charge is 2.43. The topological polar surface area (TPSA) is 12.0 Å². The van der Waals surface area contributed by atoms with E-state index in [4.69, 9.17) is 0 Å². The lowest BCUT2D eigenvalue weighted by Gasteiger charge is -2.49. The predicted molar refractivity (Wildman–Crippen MR) is 72.3 cm³/mol. The first-order valence-corrected chi connectivity index (χ1v) is 7.10. The Morgan fingerprint density at radius 3 is 2.94 bits per heavy atom. The van der Waals surface area contributed by atoms with Gasteiger partial charge in [-0.15, -0.1) is 0 Å². The standard InChI is InChI=1S/C16H23N/c1-13-6-2-3-8-15(13)16-9-5-4-7-14(16)12-17-11-10-16/h2-3,6,8,14,17H,4-5,7,9-12H2,1H3/t14-,16+/m0/s1. The third kappa shape index (κ3) is 1.81. The van der Waals surface area contributed by atoms with E-state index in [0.717, 1.165) is 5.92 Å². The summed E-state index contributed by atoms with van der Waals surface area (Å²) in [5, 5.41) is 3.60. The lowest BCUT2D eigenvalue weighted by Crippen LogP contribution is -2.50. The summed E-state index contributed by atoms with van der Waals surface area (Å²) in [6, 6.07) is 9.08. The number of hydrogen-bond acceptors (Lipinski definition) is 1. The molecule has 0 aromatic heterocycles. The fraction of sp³-hybridized carbons (Fsp3) is 0.625. The molecule has 3 rings (SSSR count). The molecule has 1 saturated heterocycles. The van der Waals surface area contributed by atoms with E-state index in [1.54, 1.807) is 5.56 Å². The molecule has 0 spiro atoms. The Hall–Kier alpha value is -0.820. The highest BCUT2D eigenvalue weighted by atomic mass is 14.9. The predicted octanol–water partition coefficient (Wildman–Crippen LogP) is 3.42. The molecule has 1 aromatic carbocycles. The summed E-state index contributed by atoms with van der Waals surface area (Å²) in [7, 11) is 0. The first-order valence-electron chi connectivity index (χ1n) is 7.10. The van der Waals surface area contributed by atoms with Gasteiger partial charge in [-0.25, -0.2) is 0 Å². The highest BCUT2D eigenvalue weighted by molar-refractivity contribution is 5.35. The maximum Gasteiger partial charge on any atom is 0.000799 e. The summed E-state index contributed by atoms with van der Waals surface area (Å²) >= 11 is 0. The van der Waals surface area contributed by atoms with E-state index >= 15 is 0 Å². The van der Waals surface area contributed by atoms with E-state index in [1.165, 1.54) is 50.8 Å². The van der Waals surface area contributed by atoms with Gasteiger partial charge in [0.1, 0.15) is 0 Å². The van der Waals surface area contributed by atoms with E-state index in [-0.39, 0.29) is 0 Å². The molecule has 1 nitrogen and oxygen atoms in total. The first-order chi connectivity index (χ1) is 8.33. The first kappa shape index (κ1) is 11.3. The van der Waals surface area contributed by atoms with Crippen molar-refractivity contribution in [2.45, 2.75) is 44.4 Å². The molecular formula is C16H23N. The third-order valence-electron chi connectivity index (χ3n) is 5.03. The van der Waals surface area contributed by atoms with Crippen LogP contribution in [-0.4, -0.2) is 13.1 Å². The van der Waals surface area contributed by atoms with E-state index in [9.17, 15) is 0 Å². The summed E-state index contributed by atoms with van der Waals surface area (Å²) in [6.07, 6.45) is 7.01. The maximum absolute atomic E-state index is 3.60. The van der Waals surface area contributed by atoms with Crippen LogP contribution in [0.3, 0.4) is 0 Å². The minimum Gasteiger partial charge on any atom is -0.316 e. The van der Waals surface area contributed by atoms with Crippen molar-refractivity contribution in [2.24, 2.45) is 5.92 Å². The number of aryl methyl sites for hydroxylation is 1. The minimum absolute atomic E-state index is 0.495. The number of rotatable bonds is 1. The summed E-state index contributed by atoms with van der Waals surface area (Å²) < 4.78 is 0. The number of nitrogens with one attached hydrogen (secondary N) is 1. The van der Waals surface area contributed by atoms with Crippen molar-refractivity contribution >= 4 is 0 Å².